The summed E-state index contributed by atoms with van der Waals surface area (Å²) in [6, 6.07) is 8.91. The number of carbonyl (C=O) groups excluding carboxylic acids is 1. The fourth-order valence-corrected chi connectivity index (χ4v) is 2.17. The number of carbonyl (C=O) groups is 1. The minimum absolute atomic E-state index is 0.127. The fourth-order valence-electron chi connectivity index (χ4n) is 1.36. The number of nitrogens with one attached hydrogen (secondary N) is 1. The van der Waals surface area contributed by atoms with Crippen molar-refractivity contribution in [2.24, 2.45) is 0 Å². The molecule has 0 aliphatic heterocycles. The molecule has 0 saturated heterocycles. The molecular formula is C12H12N2OS. The Hall–Kier alpha value is -1.81. The van der Waals surface area contributed by atoms with Crippen LogP contribution in [0.15, 0.2) is 35.7 Å². The van der Waals surface area contributed by atoms with Crippen LogP contribution in [0.5, 0.6) is 0 Å². The number of hydrogen-bond donors (Lipinski definition) is 2. The molecule has 0 atom stereocenters. The first-order chi connectivity index (χ1) is 7.66. The monoisotopic (exact) mass is 232 g/mol. The Bertz CT molecular complexity index is 519. The first kappa shape index (κ1) is 10.7. The number of amides is 1. The number of anilines is 2. The van der Waals surface area contributed by atoms with Gasteiger partial charge in [-0.05, 0) is 42.1 Å². The number of hydrogen-bond acceptors (Lipinski definition) is 3. The van der Waals surface area contributed by atoms with Crippen molar-refractivity contribution in [3.05, 3.63) is 46.8 Å². The molecule has 1 aromatic carbocycles. The summed E-state index contributed by atoms with van der Waals surface area (Å²) in [6.07, 6.45) is 0. The summed E-state index contributed by atoms with van der Waals surface area (Å²) in [5.41, 5.74) is 7.86. The molecule has 3 nitrogen and oxygen atoms in total. The molecule has 16 heavy (non-hydrogen) atoms. The van der Waals surface area contributed by atoms with Crippen molar-refractivity contribution < 1.29 is 4.79 Å². The van der Waals surface area contributed by atoms with Crippen LogP contribution in [0.4, 0.5) is 10.7 Å². The van der Waals surface area contributed by atoms with E-state index in [9.17, 15) is 4.79 Å². The highest BCUT2D eigenvalue weighted by Gasteiger charge is 2.08. The summed E-state index contributed by atoms with van der Waals surface area (Å²) < 4.78 is 0. The predicted octanol–water partition coefficient (Wildman–Crippen LogP) is 2.89. The van der Waals surface area contributed by atoms with Gasteiger partial charge < -0.3 is 11.1 Å². The van der Waals surface area contributed by atoms with Crippen LogP contribution in [-0.4, -0.2) is 5.91 Å². The second kappa shape index (κ2) is 4.37. The summed E-state index contributed by atoms with van der Waals surface area (Å²) in [5, 5.41) is 5.69. The average molecular weight is 232 g/mol. The zero-order valence-corrected chi connectivity index (χ0v) is 9.67. The highest BCUT2D eigenvalue weighted by Crippen LogP contribution is 2.22. The maximum atomic E-state index is 11.9. The number of nitrogen functional groups attached to an aromatic ring is 1. The van der Waals surface area contributed by atoms with Gasteiger partial charge in [0.05, 0.1) is 5.00 Å². The van der Waals surface area contributed by atoms with Gasteiger partial charge >= 0.3 is 0 Å². The van der Waals surface area contributed by atoms with Crippen molar-refractivity contribution in [2.45, 2.75) is 6.92 Å². The summed E-state index contributed by atoms with van der Waals surface area (Å²) in [7, 11) is 0. The predicted molar refractivity (Wildman–Crippen MR) is 67.9 cm³/mol. The minimum Gasteiger partial charge on any atom is -0.399 e. The number of benzene rings is 1. The van der Waals surface area contributed by atoms with E-state index in [1.165, 1.54) is 11.3 Å². The van der Waals surface area contributed by atoms with Gasteiger partial charge in [-0.1, -0.05) is 6.07 Å². The Morgan fingerprint density at radius 3 is 2.81 bits per heavy atom. The maximum Gasteiger partial charge on any atom is 0.256 e. The Morgan fingerprint density at radius 1 is 1.38 bits per heavy atom. The number of rotatable bonds is 2. The fraction of sp³-hybridized carbons (Fsp3) is 0.0833. The van der Waals surface area contributed by atoms with Gasteiger partial charge in [-0.3, -0.25) is 4.79 Å². The smallest absolute Gasteiger partial charge is 0.256 e. The van der Waals surface area contributed by atoms with Crippen LogP contribution in [-0.2, 0) is 0 Å². The van der Waals surface area contributed by atoms with Gasteiger partial charge in [0.25, 0.3) is 5.91 Å². The second-order valence-corrected chi connectivity index (χ2v) is 4.43. The van der Waals surface area contributed by atoms with E-state index in [0.717, 1.165) is 10.6 Å². The van der Waals surface area contributed by atoms with E-state index in [1.807, 2.05) is 18.4 Å². The molecule has 1 aromatic heterocycles. The molecule has 0 aliphatic rings. The lowest BCUT2D eigenvalue weighted by molar-refractivity contribution is 0.102. The molecule has 2 rings (SSSR count). The lowest BCUT2D eigenvalue weighted by Gasteiger charge is -2.04. The molecule has 0 saturated carbocycles. The van der Waals surface area contributed by atoms with E-state index in [2.05, 4.69) is 5.32 Å². The van der Waals surface area contributed by atoms with Crippen LogP contribution in [0.2, 0.25) is 0 Å². The molecule has 2 aromatic rings. The molecule has 4 heteroatoms. The molecule has 0 aliphatic carbocycles. The van der Waals surface area contributed by atoms with E-state index in [0.29, 0.717) is 11.3 Å². The summed E-state index contributed by atoms with van der Waals surface area (Å²) in [4.78, 5) is 11.9. The minimum atomic E-state index is -0.127. The van der Waals surface area contributed by atoms with Crippen LogP contribution in [0, 0.1) is 6.92 Å². The maximum absolute atomic E-state index is 11.9. The van der Waals surface area contributed by atoms with Gasteiger partial charge in [0.1, 0.15) is 0 Å². The molecular weight excluding hydrogens is 220 g/mol. The normalized spacial score (nSPS) is 10.1. The van der Waals surface area contributed by atoms with Crippen LogP contribution in [0.25, 0.3) is 0 Å². The van der Waals surface area contributed by atoms with Crippen molar-refractivity contribution >= 4 is 27.9 Å². The van der Waals surface area contributed by atoms with E-state index in [4.69, 9.17) is 5.73 Å². The lowest BCUT2D eigenvalue weighted by atomic mass is 10.2. The van der Waals surface area contributed by atoms with Crippen molar-refractivity contribution in [2.75, 3.05) is 11.1 Å². The van der Waals surface area contributed by atoms with Crippen molar-refractivity contribution in [3.8, 4) is 0 Å². The molecule has 82 valence electrons. The van der Waals surface area contributed by atoms with Crippen molar-refractivity contribution in [1.29, 1.82) is 0 Å². The quantitative estimate of drug-likeness (QED) is 0.782. The van der Waals surface area contributed by atoms with Gasteiger partial charge in [0, 0.05) is 11.3 Å². The number of thiophene rings is 1. The van der Waals surface area contributed by atoms with Gasteiger partial charge in [-0.25, -0.2) is 0 Å². The Balaban J connectivity index is 2.18. The summed E-state index contributed by atoms with van der Waals surface area (Å²) in [6.45, 7) is 1.96. The van der Waals surface area contributed by atoms with Crippen LogP contribution >= 0.6 is 11.3 Å². The van der Waals surface area contributed by atoms with Gasteiger partial charge in [0.2, 0.25) is 0 Å². The third-order valence-corrected chi connectivity index (χ3v) is 3.17. The molecule has 0 spiro atoms. The third kappa shape index (κ3) is 2.23. The summed E-state index contributed by atoms with van der Waals surface area (Å²) >= 11 is 1.51. The van der Waals surface area contributed by atoms with Crippen LogP contribution in [0.1, 0.15) is 15.9 Å². The molecule has 1 amide bonds. The Labute approximate surface area is 97.9 Å². The molecule has 0 fully saturated rings. The van der Waals surface area contributed by atoms with E-state index in [1.54, 1.807) is 24.3 Å². The molecule has 0 unspecified atom stereocenters. The second-order valence-electron chi connectivity index (χ2n) is 3.51. The lowest BCUT2D eigenvalue weighted by Crippen LogP contribution is -2.11. The third-order valence-electron chi connectivity index (χ3n) is 2.24. The average Bonchev–Trinajstić information content (AvgIpc) is 2.64. The molecule has 1 heterocycles. The van der Waals surface area contributed by atoms with Crippen LogP contribution < -0.4 is 11.1 Å². The van der Waals surface area contributed by atoms with Gasteiger partial charge in [0.15, 0.2) is 0 Å². The zero-order valence-electron chi connectivity index (χ0n) is 8.86. The molecule has 0 bridgehead atoms. The molecule has 3 N–H and O–H groups in total. The summed E-state index contributed by atoms with van der Waals surface area (Å²) in [5.74, 6) is -0.127. The van der Waals surface area contributed by atoms with E-state index in [-0.39, 0.29) is 5.91 Å². The Morgan fingerprint density at radius 2 is 2.19 bits per heavy atom. The van der Waals surface area contributed by atoms with E-state index < -0.39 is 0 Å². The highest BCUT2D eigenvalue weighted by atomic mass is 32.1. The van der Waals surface area contributed by atoms with Gasteiger partial charge in [-0.15, -0.1) is 11.3 Å². The first-order valence-electron chi connectivity index (χ1n) is 4.88. The molecule has 0 radical (unpaired) electrons. The number of aryl methyl sites for hydroxylation is 1. The zero-order chi connectivity index (χ0) is 11.5. The Kier molecular flexibility index (Phi) is 2.92. The standard InChI is InChI=1S/C12H12N2OS/c1-8-5-6-16-12(8)14-11(15)9-3-2-4-10(13)7-9/h2-7H,13H2,1H3,(H,14,15). The highest BCUT2D eigenvalue weighted by molar-refractivity contribution is 7.14. The van der Waals surface area contributed by atoms with Crippen LogP contribution in [0.3, 0.4) is 0 Å². The largest absolute Gasteiger partial charge is 0.399 e. The van der Waals surface area contributed by atoms with Crippen molar-refractivity contribution in [3.63, 3.8) is 0 Å². The van der Waals surface area contributed by atoms with Gasteiger partial charge in [-0.2, -0.15) is 0 Å². The topological polar surface area (TPSA) is 55.1 Å². The number of nitrogens with two attached hydrogens (primary N) is 1. The van der Waals surface area contributed by atoms with Crippen molar-refractivity contribution in [1.82, 2.24) is 0 Å². The van der Waals surface area contributed by atoms with E-state index >= 15 is 0 Å². The SMILES string of the molecule is Cc1ccsc1NC(=O)c1cccc(N)c1. The first-order valence-corrected chi connectivity index (χ1v) is 5.76.